The molecule has 3 aromatic rings. The first-order valence-electron chi connectivity index (χ1n) is 8.69. The SMILES string of the molecule is Cc1nc(CSCC(=O)N2CCC(c3nc4ccccc4o3)CC2)no1. The molecule has 0 spiro atoms. The molecule has 3 heterocycles. The molecule has 0 atom stereocenters. The number of carbonyl (C=O) groups excluding carboxylic acids is 1. The summed E-state index contributed by atoms with van der Waals surface area (Å²) < 4.78 is 10.8. The Morgan fingerprint density at radius 3 is 2.81 bits per heavy atom. The van der Waals surface area contributed by atoms with Crippen LogP contribution in [-0.4, -0.2) is 44.8 Å². The zero-order valence-corrected chi connectivity index (χ0v) is 15.4. The molecule has 0 N–H and O–H groups in total. The third-order valence-electron chi connectivity index (χ3n) is 4.53. The van der Waals surface area contributed by atoms with E-state index in [9.17, 15) is 4.79 Å². The highest BCUT2D eigenvalue weighted by atomic mass is 32.2. The quantitative estimate of drug-likeness (QED) is 0.680. The monoisotopic (exact) mass is 372 g/mol. The number of oxazole rings is 1. The molecule has 7 nitrogen and oxygen atoms in total. The molecule has 1 saturated heterocycles. The zero-order valence-electron chi connectivity index (χ0n) is 14.6. The van der Waals surface area contributed by atoms with E-state index in [1.54, 1.807) is 6.92 Å². The summed E-state index contributed by atoms with van der Waals surface area (Å²) >= 11 is 1.51. The van der Waals surface area contributed by atoms with Crippen molar-refractivity contribution in [2.75, 3.05) is 18.8 Å². The summed E-state index contributed by atoms with van der Waals surface area (Å²) in [4.78, 5) is 23.0. The van der Waals surface area contributed by atoms with Gasteiger partial charge in [0.2, 0.25) is 11.8 Å². The zero-order chi connectivity index (χ0) is 17.9. The highest BCUT2D eigenvalue weighted by molar-refractivity contribution is 7.99. The van der Waals surface area contributed by atoms with Crippen molar-refractivity contribution in [2.45, 2.75) is 31.4 Å². The predicted octanol–water partition coefficient (Wildman–Crippen LogP) is 3.16. The largest absolute Gasteiger partial charge is 0.440 e. The Balaban J connectivity index is 1.26. The lowest BCUT2D eigenvalue weighted by Crippen LogP contribution is -2.39. The molecular weight excluding hydrogens is 352 g/mol. The highest BCUT2D eigenvalue weighted by Gasteiger charge is 2.26. The number of thioether (sulfide) groups is 1. The lowest BCUT2D eigenvalue weighted by Gasteiger charge is -2.30. The number of amides is 1. The maximum atomic E-state index is 12.4. The standard InChI is InChI=1S/C18H20N4O3S/c1-12-19-16(21-25-12)10-26-11-17(23)22-8-6-13(7-9-22)18-20-14-4-2-3-5-15(14)24-18/h2-5,13H,6-11H2,1H3. The summed E-state index contributed by atoms with van der Waals surface area (Å²) in [5, 5.41) is 3.84. The molecule has 26 heavy (non-hydrogen) atoms. The smallest absolute Gasteiger partial charge is 0.232 e. The maximum absolute atomic E-state index is 12.4. The topological polar surface area (TPSA) is 85.3 Å². The van der Waals surface area contributed by atoms with Crippen molar-refractivity contribution in [1.82, 2.24) is 20.0 Å². The van der Waals surface area contributed by atoms with Gasteiger partial charge in [-0.15, -0.1) is 11.8 Å². The van der Waals surface area contributed by atoms with Gasteiger partial charge in [-0.2, -0.15) is 4.98 Å². The van der Waals surface area contributed by atoms with Crippen molar-refractivity contribution in [1.29, 1.82) is 0 Å². The minimum Gasteiger partial charge on any atom is -0.440 e. The Bertz CT molecular complexity index is 866. The van der Waals surface area contributed by atoms with Gasteiger partial charge in [-0.1, -0.05) is 17.3 Å². The Morgan fingerprint density at radius 2 is 2.08 bits per heavy atom. The average Bonchev–Trinajstić information content (AvgIpc) is 3.27. The molecule has 136 valence electrons. The summed E-state index contributed by atoms with van der Waals surface area (Å²) in [6, 6.07) is 7.81. The third kappa shape index (κ3) is 3.75. The molecule has 1 fully saturated rings. The number of aryl methyl sites for hydroxylation is 1. The number of nitrogens with zero attached hydrogens (tertiary/aromatic N) is 4. The Morgan fingerprint density at radius 1 is 1.27 bits per heavy atom. The van der Waals surface area contributed by atoms with Gasteiger partial charge in [0.05, 0.1) is 11.5 Å². The normalized spacial score (nSPS) is 15.7. The van der Waals surface area contributed by atoms with Crippen LogP contribution in [0.4, 0.5) is 0 Å². The van der Waals surface area contributed by atoms with E-state index in [1.807, 2.05) is 29.2 Å². The van der Waals surface area contributed by atoms with E-state index < -0.39 is 0 Å². The fraction of sp³-hybridized carbons (Fsp3) is 0.444. The molecule has 1 aliphatic rings. The number of aromatic nitrogens is 3. The summed E-state index contributed by atoms with van der Waals surface area (Å²) in [5.74, 6) is 3.43. The van der Waals surface area contributed by atoms with E-state index in [-0.39, 0.29) is 11.8 Å². The number of benzene rings is 1. The number of carbonyl (C=O) groups is 1. The van der Waals surface area contributed by atoms with Crippen LogP contribution in [0.3, 0.4) is 0 Å². The molecule has 4 rings (SSSR count). The van der Waals surface area contributed by atoms with Gasteiger partial charge in [-0.25, -0.2) is 4.98 Å². The van der Waals surface area contributed by atoms with Crippen molar-refractivity contribution in [3.8, 4) is 0 Å². The van der Waals surface area contributed by atoms with Crippen LogP contribution in [-0.2, 0) is 10.5 Å². The number of hydrogen-bond acceptors (Lipinski definition) is 7. The minimum absolute atomic E-state index is 0.159. The molecule has 1 aromatic carbocycles. The molecule has 8 heteroatoms. The van der Waals surface area contributed by atoms with Gasteiger partial charge >= 0.3 is 0 Å². The first-order chi connectivity index (χ1) is 12.7. The summed E-state index contributed by atoms with van der Waals surface area (Å²) in [5.41, 5.74) is 1.73. The summed E-state index contributed by atoms with van der Waals surface area (Å²) in [6.45, 7) is 3.24. The minimum atomic E-state index is 0.159. The molecular formula is C18H20N4O3S. The first kappa shape index (κ1) is 17.1. The lowest BCUT2D eigenvalue weighted by molar-refractivity contribution is -0.129. The second kappa shape index (κ2) is 7.49. The number of hydrogen-bond donors (Lipinski definition) is 0. The maximum Gasteiger partial charge on any atom is 0.232 e. The molecule has 0 radical (unpaired) electrons. The number of rotatable bonds is 5. The van der Waals surface area contributed by atoms with Crippen molar-refractivity contribution < 1.29 is 13.7 Å². The lowest BCUT2D eigenvalue weighted by atomic mass is 9.97. The number of likely N-dealkylation sites (tertiary alicyclic amines) is 1. The first-order valence-corrected chi connectivity index (χ1v) is 9.84. The molecule has 0 saturated carbocycles. The predicted molar refractivity (Wildman–Crippen MR) is 97.8 cm³/mol. The van der Waals surface area contributed by atoms with Gasteiger partial charge in [0.1, 0.15) is 5.52 Å². The van der Waals surface area contributed by atoms with E-state index in [0.717, 1.165) is 42.9 Å². The van der Waals surface area contributed by atoms with Crippen LogP contribution in [0.1, 0.15) is 36.4 Å². The summed E-state index contributed by atoms with van der Waals surface area (Å²) in [6.07, 6.45) is 1.76. The fourth-order valence-electron chi connectivity index (χ4n) is 3.16. The van der Waals surface area contributed by atoms with Crippen molar-refractivity contribution in [3.05, 3.63) is 41.9 Å². The van der Waals surface area contributed by atoms with Gasteiger partial charge in [0.15, 0.2) is 17.3 Å². The van der Waals surface area contributed by atoms with Crippen LogP contribution in [0.15, 0.2) is 33.2 Å². The Kier molecular flexibility index (Phi) is 4.92. The van der Waals surface area contributed by atoms with E-state index in [0.29, 0.717) is 23.2 Å². The van der Waals surface area contributed by atoms with Crippen LogP contribution in [0.5, 0.6) is 0 Å². The molecule has 1 aliphatic heterocycles. The van der Waals surface area contributed by atoms with Crippen LogP contribution < -0.4 is 0 Å². The van der Waals surface area contributed by atoms with E-state index in [1.165, 1.54) is 11.8 Å². The fourth-order valence-corrected chi connectivity index (χ4v) is 3.92. The second-order valence-corrected chi connectivity index (χ2v) is 7.38. The van der Waals surface area contributed by atoms with Crippen LogP contribution >= 0.6 is 11.8 Å². The molecule has 1 amide bonds. The number of piperidine rings is 1. The van der Waals surface area contributed by atoms with Gasteiger partial charge in [0, 0.05) is 25.9 Å². The average molecular weight is 372 g/mol. The molecule has 0 aliphatic carbocycles. The van der Waals surface area contributed by atoms with Crippen LogP contribution in [0, 0.1) is 6.92 Å². The molecule has 0 unspecified atom stereocenters. The summed E-state index contributed by atoms with van der Waals surface area (Å²) in [7, 11) is 0. The van der Waals surface area contributed by atoms with Gasteiger partial charge in [-0.3, -0.25) is 4.79 Å². The third-order valence-corrected chi connectivity index (χ3v) is 5.45. The van der Waals surface area contributed by atoms with Crippen molar-refractivity contribution in [3.63, 3.8) is 0 Å². The second-order valence-electron chi connectivity index (χ2n) is 6.40. The van der Waals surface area contributed by atoms with Crippen molar-refractivity contribution >= 4 is 28.8 Å². The van der Waals surface area contributed by atoms with Crippen LogP contribution in [0.2, 0.25) is 0 Å². The Labute approximate surface area is 155 Å². The van der Waals surface area contributed by atoms with Crippen LogP contribution in [0.25, 0.3) is 11.1 Å². The highest BCUT2D eigenvalue weighted by Crippen LogP contribution is 2.30. The van der Waals surface area contributed by atoms with Gasteiger partial charge < -0.3 is 13.8 Å². The molecule has 0 bridgehead atoms. The van der Waals surface area contributed by atoms with Gasteiger partial charge in [0.25, 0.3) is 0 Å². The van der Waals surface area contributed by atoms with E-state index >= 15 is 0 Å². The van der Waals surface area contributed by atoms with Gasteiger partial charge in [-0.05, 0) is 25.0 Å². The Hall–Kier alpha value is -2.35. The number of fused-ring (bicyclic) bond motifs is 1. The number of para-hydroxylation sites is 2. The van der Waals surface area contributed by atoms with Crippen molar-refractivity contribution in [2.24, 2.45) is 0 Å². The van der Waals surface area contributed by atoms with E-state index in [4.69, 9.17) is 8.94 Å². The van der Waals surface area contributed by atoms with E-state index in [2.05, 4.69) is 15.1 Å². The molecule has 2 aromatic heterocycles.